The molecular weight excluding hydrogens is 426 g/mol. The van der Waals surface area contributed by atoms with Gasteiger partial charge in [-0.05, 0) is 29.8 Å². The first-order valence-corrected chi connectivity index (χ1v) is 8.04. The number of halogens is 6. The Labute approximate surface area is 171 Å². The van der Waals surface area contributed by atoms with Crippen LogP contribution in [0.2, 0.25) is 5.02 Å². The minimum Gasteiger partial charge on any atom is -0.328 e. The molecule has 0 spiro atoms. The van der Waals surface area contributed by atoms with Gasteiger partial charge in [-0.15, -0.1) is 24.8 Å². The second-order valence-corrected chi connectivity index (χ2v) is 6.14. The van der Waals surface area contributed by atoms with Gasteiger partial charge >= 0.3 is 6.18 Å². The molecule has 1 saturated heterocycles. The second kappa shape index (κ2) is 9.59. The SMILES string of the molecule is Cl.Cl.O=C(c1ccc(C(F)(F)F)cn1)N1CCNCC1c1cccc(Cl)c1. The van der Waals surface area contributed by atoms with E-state index in [2.05, 4.69) is 10.3 Å². The van der Waals surface area contributed by atoms with E-state index >= 15 is 0 Å². The molecular formula is C17H17Cl3F3N3O. The van der Waals surface area contributed by atoms with E-state index in [0.29, 0.717) is 30.9 Å². The van der Waals surface area contributed by atoms with E-state index in [-0.39, 0.29) is 36.5 Å². The average Bonchev–Trinajstić information content (AvgIpc) is 2.60. The highest BCUT2D eigenvalue weighted by Crippen LogP contribution is 2.29. The summed E-state index contributed by atoms with van der Waals surface area (Å²) >= 11 is 6.03. The molecule has 1 aromatic carbocycles. The van der Waals surface area contributed by atoms with Crippen LogP contribution in [0.25, 0.3) is 0 Å². The van der Waals surface area contributed by atoms with Crippen LogP contribution in [-0.2, 0) is 6.18 Å². The summed E-state index contributed by atoms with van der Waals surface area (Å²) in [6, 6.07) is 8.91. The predicted octanol–water partition coefficient (Wildman–Crippen LogP) is 4.38. The van der Waals surface area contributed by atoms with E-state index < -0.39 is 17.6 Å². The highest BCUT2D eigenvalue weighted by Gasteiger charge is 2.32. The van der Waals surface area contributed by atoms with Crippen molar-refractivity contribution >= 4 is 42.3 Å². The van der Waals surface area contributed by atoms with Gasteiger partial charge in [0.25, 0.3) is 5.91 Å². The third-order valence-electron chi connectivity index (χ3n) is 4.05. The van der Waals surface area contributed by atoms with E-state index in [1.807, 2.05) is 6.07 Å². The fraction of sp³-hybridized carbons (Fsp3) is 0.294. The molecule has 27 heavy (non-hydrogen) atoms. The molecule has 4 nitrogen and oxygen atoms in total. The molecule has 10 heteroatoms. The van der Waals surface area contributed by atoms with E-state index in [4.69, 9.17) is 11.6 Å². The lowest BCUT2D eigenvalue weighted by Gasteiger charge is -2.36. The number of hydrogen-bond donors (Lipinski definition) is 1. The van der Waals surface area contributed by atoms with E-state index in [1.54, 1.807) is 23.1 Å². The van der Waals surface area contributed by atoms with Crippen LogP contribution in [0.3, 0.4) is 0 Å². The standard InChI is InChI=1S/C17H15ClF3N3O.2ClH/c18-13-3-1-2-11(8-13)15-10-22-6-7-24(15)16(25)14-5-4-12(9-23-14)17(19,20)21;;/h1-5,8-9,15,22H,6-7,10H2;2*1H. The van der Waals surface area contributed by atoms with Gasteiger partial charge < -0.3 is 10.2 Å². The Morgan fingerprint density at radius 1 is 1.22 bits per heavy atom. The smallest absolute Gasteiger partial charge is 0.328 e. The lowest BCUT2D eigenvalue weighted by Crippen LogP contribution is -2.48. The van der Waals surface area contributed by atoms with Gasteiger partial charge in [0.15, 0.2) is 0 Å². The van der Waals surface area contributed by atoms with Gasteiger partial charge in [-0.3, -0.25) is 9.78 Å². The zero-order valence-electron chi connectivity index (χ0n) is 13.9. The van der Waals surface area contributed by atoms with Crippen LogP contribution in [-0.4, -0.2) is 35.4 Å². The lowest BCUT2D eigenvalue weighted by molar-refractivity contribution is -0.137. The molecule has 0 aliphatic carbocycles. The summed E-state index contributed by atoms with van der Waals surface area (Å²) in [5.41, 5.74) is -0.0300. The summed E-state index contributed by atoms with van der Waals surface area (Å²) in [6.07, 6.45) is -3.79. The molecule has 0 radical (unpaired) electrons. The molecule has 1 unspecified atom stereocenters. The quantitative estimate of drug-likeness (QED) is 0.750. The van der Waals surface area contributed by atoms with Crippen molar-refractivity contribution in [1.82, 2.24) is 15.2 Å². The molecule has 3 rings (SSSR count). The highest BCUT2D eigenvalue weighted by molar-refractivity contribution is 6.30. The van der Waals surface area contributed by atoms with Crippen LogP contribution >= 0.6 is 36.4 Å². The Hall–Kier alpha value is -1.54. The number of nitrogens with one attached hydrogen (secondary N) is 1. The van der Waals surface area contributed by atoms with Crippen molar-refractivity contribution in [2.24, 2.45) is 0 Å². The first-order chi connectivity index (χ1) is 11.9. The maximum atomic E-state index is 12.8. The summed E-state index contributed by atoms with van der Waals surface area (Å²) in [7, 11) is 0. The number of aromatic nitrogens is 1. The van der Waals surface area contributed by atoms with Gasteiger partial charge in [0.05, 0.1) is 11.6 Å². The van der Waals surface area contributed by atoms with Crippen LogP contribution in [0.15, 0.2) is 42.6 Å². The summed E-state index contributed by atoms with van der Waals surface area (Å²) in [6.45, 7) is 1.56. The van der Waals surface area contributed by atoms with Crippen LogP contribution in [0, 0.1) is 0 Å². The zero-order valence-corrected chi connectivity index (χ0v) is 16.3. The Morgan fingerprint density at radius 2 is 1.96 bits per heavy atom. The maximum Gasteiger partial charge on any atom is 0.417 e. The molecule has 2 aromatic rings. The molecule has 1 aliphatic rings. The molecule has 1 N–H and O–H groups in total. The van der Waals surface area contributed by atoms with Crippen molar-refractivity contribution < 1.29 is 18.0 Å². The summed E-state index contributed by atoms with van der Waals surface area (Å²) < 4.78 is 37.9. The Kier molecular flexibility index (Phi) is 8.35. The summed E-state index contributed by atoms with van der Waals surface area (Å²) in [5, 5.41) is 3.77. The van der Waals surface area contributed by atoms with E-state index in [9.17, 15) is 18.0 Å². The Balaban J connectivity index is 0.00000182. The number of pyridine rings is 1. The highest BCUT2D eigenvalue weighted by atomic mass is 35.5. The van der Waals surface area contributed by atoms with E-state index in [1.165, 1.54) is 0 Å². The number of alkyl halides is 3. The number of amides is 1. The number of carbonyl (C=O) groups is 1. The van der Waals surface area contributed by atoms with Gasteiger partial charge in [-0.2, -0.15) is 13.2 Å². The van der Waals surface area contributed by atoms with Crippen molar-refractivity contribution in [2.45, 2.75) is 12.2 Å². The normalized spacial score (nSPS) is 16.9. The largest absolute Gasteiger partial charge is 0.417 e. The minimum atomic E-state index is -4.48. The molecule has 148 valence electrons. The molecule has 2 heterocycles. The third kappa shape index (κ3) is 5.48. The van der Waals surface area contributed by atoms with Crippen LogP contribution < -0.4 is 5.32 Å². The van der Waals surface area contributed by atoms with Crippen LogP contribution in [0.1, 0.15) is 27.7 Å². The molecule has 0 bridgehead atoms. The zero-order chi connectivity index (χ0) is 18.0. The molecule has 1 aliphatic heterocycles. The average molecular weight is 443 g/mol. The van der Waals surface area contributed by atoms with Crippen LogP contribution in [0.5, 0.6) is 0 Å². The summed E-state index contributed by atoms with van der Waals surface area (Å²) in [5.74, 6) is -0.403. The van der Waals surface area contributed by atoms with Crippen molar-refractivity contribution in [2.75, 3.05) is 19.6 Å². The molecule has 1 aromatic heterocycles. The van der Waals surface area contributed by atoms with Crippen molar-refractivity contribution in [3.05, 3.63) is 64.4 Å². The van der Waals surface area contributed by atoms with Gasteiger partial charge in [0, 0.05) is 30.9 Å². The number of piperazine rings is 1. The number of carbonyl (C=O) groups excluding carboxylic acids is 1. The van der Waals surface area contributed by atoms with E-state index in [0.717, 1.165) is 17.7 Å². The predicted molar refractivity (Wildman–Crippen MR) is 102 cm³/mol. The first-order valence-electron chi connectivity index (χ1n) is 7.66. The van der Waals surface area contributed by atoms with Gasteiger partial charge in [0.2, 0.25) is 0 Å². The van der Waals surface area contributed by atoms with Crippen LogP contribution in [0.4, 0.5) is 13.2 Å². The Bertz CT molecular complexity index is 772. The molecule has 1 atom stereocenters. The fourth-order valence-corrected chi connectivity index (χ4v) is 2.99. The molecule has 1 fully saturated rings. The number of rotatable bonds is 2. The van der Waals surface area contributed by atoms with Crippen molar-refractivity contribution in [3.8, 4) is 0 Å². The minimum absolute atomic E-state index is 0. The second-order valence-electron chi connectivity index (χ2n) is 5.70. The lowest BCUT2D eigenvalue weighted by atomic mass is 10.0. The third-order valence-corrected chi connectivity index (χ3v) is 4.28. The van der Waals surface area contributed by atoms with Gasteiger partial charge in [-0.1, -0.05) is 23.7 Å². The van der Waals surface area contributed by atoms with Crippen molar-refractivity contribution in [1.29, 1.82) is 0 Å². The fourth-order valence-electron chi connectivity index (χ4n) is 2.79. The number of nitrogens with zero attached hydrogens (tertiary/aromatic N) is 2. The van der Waals surface area contributed by atoms with Crippen molar-refractivity contribution in [3.63, 3.8) is 0 Å². The first kappa shape index (κ1) is 23.5. The summed E-state index contributed by atoms with van der Waals surface area (Å²) in [4.78, 5) is 18.1. The van der Waals surface area contributed by atoms with Gasteiger partial charge in [-0.25, -0.2) is 0 Å². The number of benzene rings is 1. The van der Waals surface area contributed by atoms with Gasteiger partial charge in [0.1, 0.15) is 5.69 Å². The number of hydrogen-bond acceptors (Lipinski definition) is 3. The monoisotopic (exact) mass is 441 g/mol. The molecule has 0 saturated carbocycles. The topological polar surface area (TPSA) is 45.2 Å². The molecule has 1 amide bonds. The maximum absolute atomic E-state index is 12.8. The Morgan fingerprint density at radius 3 is 2.56 bits per heavy atom.